The molecule has 98 valence electrons. The standard InChI is InChI=1S/C13H24N2S2/c1-10(2)11-8-17-12(15-11)14-9-13(16-3)6-4-5-7-13/h10-11H,4-9H2,1-3H3,(H,14,15). The van der Waals surface area contributed by atoms with E-state index in [9.17, 15) is 0 Å². The maximum absolute atomic E-state index is 4.83. The number of hydrogen-bond acceptors (Lipinski definition) is 3. The van der Waals surface area contributed by atoms with Gasteiger partial charge in [-0.3, -0.25) is 4.99 Å². The first-order valence-electron chi connectivity index (χ1n) is 6.64. The zero-order valence-corrected chi connectivity index (χ0v) is 12.8. The summed E-state index contributed by atoms with van der Waals surface area (Å²) in [4.78, 5) is 4.83. The summed E-state index contributed by atoms with van der Waals surface area (Å²) in [7, 11) is 0. The Kier molecular flexibility index (Phi) is 4.70. The maximum atomic E-state index is 4.83. The maximum Gasteiger partial charge on any atom is 0.156 e. The van der Waals surface area contributed by atoms with E-state index in [1.165, 1.54) is 36.6 Å². The lowest BCUT2D eigenvalue weighted by atomic mass is 10.1. The largest absolute Gasteiger partial charge is 0.361 e. The van der Waals surface area contributed by atoms with E-state index in [1.54, 1.807) is 0 Å². The Bertz CT molecular complexity index is 283. The van der Waals surface area contributed by atoms with Gasteiger partial charge in [0.25, 0.3) is 0 Å². The highest BCUT2D eigenvalue weighted by Gasteiger charge is 2.33. The average molecular weight is 272 g/mol. The zero-order chi connectivity index (χ0) is 12.3. The second-order valence-corrected chi connectivity index (χ2v) is 7.80. The van der Waals surface area contributed by atoms with Crippen LogP contribution < -0.4 is 5.32 Å². The number of thioether (sulfide) groups is 2. The Labute approximate surface area is 114 Å². The Hall–Kier alpha value is 0.170. The zero-order valence-electron chi connectivity index (χ0n) is 11.2. The topological polar surface area (TPSA) is 24.4 Å². The first-order chi connectivity index (χ1) is 8.15. The van der Waals surface area contributed by atoms with Gasteiger partial charge in [-0.25, -0.2) is 0 Å². The van der Waals surface area contributed by atoms with Gasteiger partial charge in [-0.05, 0) is 25.0 Å². The van der Waals surface area contributed by atoms with Crippen molar-refractivity contribution in [2.45, 2.75) is 50.3 Å². The lowest BCUT2D eigenvalue weighted by Gasteiger charge is -2.24. The molecule has 0 bridgehead atoms. The van der Waals surface area contributed by atoms with Crippen molar-refractivity contribution in [3.05, 3.63) is 0 Å². The van der Waals surface area contributed by atoms with E-state index >= 15 is 0 Å². The lowest BCUT2D eigenvalue weighted by Crippen LogP contribution is -2.32. The lowest BCUT2D eigenvalue weighted by molar-refractivity contribution is 0.502. The predicted octanol–water partition coefficient (Wildman–Crippen LogP) is 3.38. The van der Waals surface area contributed by atoms with Crippen LogP contribution in [0.2, 0.25) is 0 Å². The molecule has 17 heavy (non-hydrogen) atoms. The molecule has 2 nitrogen and oxygen atoms in total. The molecule has 1 aliphatic carbocycles. The van der Waals surface area contributed by atoms with Gasteiger partial charge >= 0.3 is 0 Å². The van der Waals surface area contributed by atoms with Crippen molar-refractivity contribution in [1.82, 2.24) is 5.32 Å². The molecule has 1 N–H and O–H groups in total. The van der Waals surface area contributed by atoms with Crippen LogP contribution in [0.5, 0.6) is 0 Å². The van der Waals surface area contributed by atoms with Crippen LogP contribution in [0.4, 0.5) is 0 Å². The molecule has 0 aromatic heterocycles. The molecule has 0 radical (unpaired) electrons. The molecule has 1 aliphatic heterocycles. The molecule has 2 aliphatic rings. The summed E-state index contributed by atoms with van der Waals surface area (Å²) in [6.45, 7) is 5.57. The highest BCUT2D eigenvalue weighted by atomic mass is 32.2. The number of nitrogens with zero attached hydrogens (tertiary/aromatic N) is 1. The molecule has 1 atom stereocenters. The molecular formula is C13H24N2S2. The van der Waals surface area contributed by atoms with Crippen LogP contribution in [-0.2, 0) is 0 Å². The minimum absolute atomic E-state index is 0.450. The molecule has 1 heterocycles. The van der Waals surface area contributed by atoms with Gasteiger partial charge in [-0.1, -0.05) is 38.5 Å². The minimum Gasteiger partial charge on any atom is -0.361 e. The summed E-state index contributed by atoms with van der Waals surface area (Å²) >= 11 is 3.93. The van der Waals surface area contributed by atoms with Crippen LogP contribution in [0.3, 0.4) is 0 Å². The molecule has 4 heteroatoms. The number of hydrogen-bond donors (Lipinski definition) is 1. The molecule has 0 spiro atoms. The monoisotopic (exact) mass is 272 g/mol. The van der Waals surface area contributed by atoms with Crippen molar-refractivity contribution in [2.75, 3.05) is 18.6 Å². The molecule has 2 rings (SSSR count). The van der Waals surface area contributed by atoms with Gasteiger partial charge in [0.2, 0.25) is 0 Å². The molecule has 1 unspecified atom stereocenters. The highest BCUT2D eigenvalue weighted by Crippen LogP contribution is 2.40. The van der Waals surface area contributed by atoms with Crippen LogP contribution >= 0.6 is 23.5 Å². The summed E-state index contributed by atoms with van der Waals surface area (Å²) in [6.07, 6.45) is 7.73. The second kappa shape index (κ2) is 5.87. The number of aliphatic imine (C=N–C) groups is 1. The first kappa shape index (κ1) is 13.6. The Morgan fingerprint density at radius 1 is 1.47 bits per heavy atom. The van der Waals surface area contributed by atoms with E-state index in [0.717, 1.165) is 6.54 Å². The summed E-state index contributed by atoms with van der Waals surface area (Å²) in [6, 6.07) is 0.618. The quantitative estimate of drug-likeness (QED) is 0.849. The van der Waals surface area contributed by atoms with Crippen molar-refractivity contribution in [3.63, 3.8) is 0 Å². The average Bonchev–Trinajstić information content (AvgIpc) is 2.96. The van der Waals surface area contributed by atoms with E-state index in [-0.39, 0.29) is 0 Å². The van der Waals surface area contributed by atoms with Crippen LogP contribution in [0, 0.1) is 5.92 Å². The first-order valence-corrected chi connectivity index (χ1v) is 8.85. The number of amidine groups is 1. The van der Waals surface area contributed by atoms with E-state index in [0.29, 0.717) is 16.7 Å². The van der Waals surface area contributed by atoms with E-state index in [1.807, 2.05) is 23.5 Å². The van der Waals surface area contributed by atoms with Crippen LogP contribution in [0.15, 0.2) is 4.99 Å². The fourth-order valence-electron chi connectivity index (χ4n) is 2.52. The van der Waals surface area contributed by atoms with Gasteiger partial charge in [-0.2, -0.15) is 11.8 Å². The van der Waals surface area contributed by atoms with Crippen molar-refractivity contribution in [3.8, 4) is 0 Å². The Morgan fingerprint density at radius 2 is 2.18 bits per heavy atom. The Morgan fingerprint density at radius 3 is 2.71 bits per heavy atom. The van der Waals surface area contributed by atoms with Gasteiger partial charge in [0, 0.05) is 16.5 Å². The molecule has 0 amide bonds. The van der Waals surface area contributed by atoms with Gasteiger partial charge in [-0.15, -0.1) is 0 Å². The fraction of sp³-hybridized carbons (Fsp3) is 0.923. The van der Waals surface area contributed by atoms with Gasteiger partial charge < -0.3 is 5.32 Å². The van der Waals surface area contributed by atoms with E-state index in [4.69, 9.17) is 4.99 Å². The minimum atomic E-state index is 0.450. The molecule has 0 aromatic carbocycles. The Balaban J connectivity index is 1.88. The van der Waals surface area contributed by atoms with Crippen molar-refractivity contribution in [1.29, 1.82) is 0 Å². The molecule has 2 fully saturated rings. The van der Waals surface area contributed by atoms with Crippen LogP contribution in [0.1, 0.15) is 39.5 Å². The van der Waals surface area contributed by atoms with Crippen LogP contribution in [0.25, 0.3) is 0 Å². The van der Waals surface area contributed by atoms with Crippen molar-refractivity contribution >= 4 is 28.7 Å². The van der Waals surface area contributed by atoms with Gasteiger partial charge in [0.15, 0.2) is 5.17 Å². The molecule has 0 aromatic rings. The van der Waals surface area contributed by atoms with E-state index in [2.05, 4.69) is 25.4 Å². The SMILES string of the molecule is CSC1(CN=C2NC(C(C)C)CS2)CCCC1. The normalized spacial score (nSPS) is 30.1. The van der Waals surface area contributed by atoms with Gasteiger partial charge in [0.05, 0.1) is 6.54 Å². The summed E-state index contributed by atoms with van der Waals surface area (Å²) in [5.41, 5.74) is 0. The summed E-state index contributed by atoms with van der Waals surface area (Å²) in [5, 5.41) is 4.74. The second-order valence-electron chi connectivity index (χ2n) is 5.52. The van der Waals surface area contributed by atoms with Crippen LogP contribution in [-0.4, -0.2) is 34.5 Å². The van der Waals surface area contributed by atoms with Crippen molar-refractivity contribution < 1.29 is 0 Å². The summed E-state index contributed by atoms with van der Waals surface area (Å²) < 4.78 is 0.450. The van der Waals surface area contributed by atoms with Crippen molar-refractivity contribution in [2.24, 2.45) is 10.9 Å². The third-order valence-electron chi connectivity index (χ3n) is 3.97. The summed E-state index contributed by atoms with van der Waals surface area (Å²) in [5.74, 6) is 1.89. The highest BCUT2D eigenvalue weighted by molar-refractivity contribution is 8.14. The molecular weight excluding hydrogens is 248 g/mol. The molecule has 1 saturated heterocycles. The van der Waals surface area contributed by atoms with Gasteiger partial charge in [0.1, 0.15) is 0 Å². The number of nitrogens with one attached hydrogen (secondary N) is 1. The third-order valence-corrected chi connectivity index (χ3v) is 6.42. The predicted molar refractivity (Wildman–Crippen MR) is 81.2 cm³/mol. The third kappa shape index (κ3) is 3.34. The van der Waals surface area contributed by atoms with E-state index < -0.39 is 0 Å². The molecule has 1 saturated carbocycles. The number of rotatable bonds is 4. The smallest absolute Gasteiger partial charge is 0.156 e. The fourth-order valence-corrected chi connectivity index (χ4v) is 4.61.